The van der Waals surface area contributed by atoms with Gasteiger partial charge >= 0.3 is 22.8 Å². The first kappa shape index (κ1) is 36.5. The van der Waals surface area contributed by atoms with Gasteiger partial charge in [-0.05, 0) is 103 Å². The second-order valence-corrected chi connectivity index (χ2v) is 18.2. The summed E-state index contributed by atoms with van der Waals surface area (Å²) in [5.41, 5.74) is 0. The molecule has 0 saturated heterocycles. The zero-order valence-corrected chi connectivity index (χ0v) is 27.5. The van der Waals surface area contributed by atoms with Crippen LogP contribution in [0.4, 0.5) is 0 Å². The van der Waals surface area contributed by atoms with Gasteiger partial charge in [-0.2, -0.15) is 0 Å². The summed E-state index contributed by atoms with van der Waals surface area (Å²) in [7, 11) is -11.5. The van der Waals surface area contributed by atoms with E-state index in [4.69, 9.17) is 27.1 Å². The number of unbranched alkanes of at least 4 members (excludes halogenated alkanes) is 1. The topological polar surface area (TPSA) is 107 Å². The molecule has 0 radical (unpaired) electrons. The van der Waals surface area contributed by atoms with E-state index in [0.717, 1.165) is 0 Å². The molecule has 0 aromatic rings. The van der Waals surface area contributed by atoms with Crippen LogP contribution in [0.2, 0.25) is 0 Å². The van der Waals surface area contributed by atoms with Gasteiger partial charge in [-0.3, -0.25) is 13.7 Å². The molecule has 0 bridgehead atoms. The third-order valence-electron chi connectivity index (χ3n) is 4.65. The molecule has 0 heterocycles. The zero-order chi connectivity index (χ0) is 28.5. The average molecular weight is 579 g/mol. The Morgan fingerprint density at radius 1 is 0.500 bits per heavy atom. The molecule has 0 aliphatic carbocycles. The van der Waals surface area contributed by atoms with E-state index in [9.17, 15) is 13.7 Å². The Balaban J connectivity index is 6.35. The minimum Gasteiger partial charge on any atom is -0.306 e. The predicted octanol–water partition coefficient (Wildman–Crippen LogP) is 9.00. The molecular weight excluding hydrogens is 525 g/mol. The van der Waals surface area contributed by atoms with Gasteiger partial charge in [-0.1, -0.05) is 6.42 Å². The maximum absolute atomic E-state index is 14.5. The van der Waals surface area contributed by atoms with Gasteiger partial charge in [0.2, 0.25) is 0 Å². The van der Waals surface area contributed by atoms with Crippen molar-refractivity contribution < 1.29 is 40.8 Å². The van der Waals surface area contributed by atoms with Crippen LogP contribution in [-0.4, -0.2) is 47.7 Å². The fourth-order valence-electron chi connectivity index (χ4n) is 3.58. The minimum atomic E-state index is -4.06. The maximum atomic E-state index is 14.5. The first-order valence-corrected chi connectivity index (χ1v) is 17.9. The second kappa shape index (κ2) is 15.3. The SMILES string of the molecule is CC(C)OP(=O)(CCCCC(C)(P(=O)(OC(C)C)OC(C)C)P(=O)(OC(C)C)OC(C)C)OC(C)C. The molecule has 12 heteroatoms. The number of rotatable bonds is 19. The molecule has 0 amide bonds. The van der Waals surface area contributed by atoms with Gasteiger partial charge in [0, 0.05) is 0 Å². The second-order valence-electron chi connectivity index (χ2n) is 10.9. The molecule has 0 fully saturated rings. The van der Waals surface area contributed by atoms with Crippen LogP contribution in [-0.2, 0) is 40.8 Å². The maximum Gasteiger partial charge on any atom is 0.349 e. The summed E-state index contributed by atoms with van der Waals surface area (Å²) >= 11 is 0. The van der Waals surface area contributed by atoms with Gasteiger partial charge in [0.25, 0.3) is 0 Å². The summed E-state index contributed by atoms with van der Waals surface area (Å²) in [5, 5.41) is 0. The van der Waals surface area contributed by atoms with Crippen LogP contribution in [0.25, 0.3) is 0 Å². The van der Waals surface area contributed by atoms with Crippen LogP contribution in [0.1, 0.15) is 109 Å². The van der Waals surface area contributed by atoms with Crippen molar-refractivity contribution in [2.24, 2.45) is 0 Å². The highest BCUT2D eigenvalue weighted by Crippen LogP contribution is 2.80. The molecular formula is C24H53O9P3. The van der Waals surface area contributed by atoms with E-state index < -0.39 is 52.1 Å². The highest BCUT2D eigenvalue weighted by atomic mass is 31.2. The van der Waals surface area contributed by atoms with E-state index in [1.807, 2.05) is 0 Å². The summed E-state index contributed by atoms with van der Waals surface area (Å²) < 4.78 is 77.2. The van der Waals surface area contributed by atoms with Gasteiger partial charge in [-0.15, -0.1) is 0 Å². The van der Waals surface area contributed by atoms with E-state index in [-0.39, 0.29) is 24.8 Å². The van der Waals surface area contributed by atoms with Crippen LogP contribution in [0, 0.1) is 0 Å². The molecule has 0 atom stereocenters. The van der Waals surface area contributed by atoms with Crippen molar-refractivity contribution in [3.05, 3.63) is 0 Å². The third kappa shape index (κ3) is 11.7. The Bertz CT molecular complexity index is 699. The van der Waals surface area contributed by atoms with Crippen LogP contribution >= 0.6 is 22.8 Å². The molecule has 0 spiro atoms. The molecule has 0 saturated carbocycles. The molecule has 9 nitrogen and oxygen atoms in total. The Hall–Kier alpha value is 0.450. The fraction of sp³-hybridized carbons (Fsp3) is 1.00. The molecule has 0 unspecified atom stereocenters. The smallest absolute Gasteiger partial charge is 0.306 e. The minimum absolute atomic E-state index is 0.129. The number of hydrogen-bond donors (Lipinski definition) is 0. The molecule has 0 aliphatic rings. The standard InChI is InChI=1S/C24H53O9P3/c1-18(2)28-34(25,29-19(3)4)17-15-14-16-24(13,35(26,30-20(5)6)31-21(7)8)36(27,32-22(9)10)33-23(11)12/h18-23H,14-17H2,1-13H3. The summed E-state index contributed by atoms with van der Waals surface area (Å²) in [6.45, 7) is 22.8. The van der Waals surface area contributed by atoms with Crippen molar-refractivity contribution in [1.82, 2.24) is 0 Å². The largest absolute Gasteiger partial charge is 0.349 e. The van der Waals surface area contributed by atoms with E-state index in [0.29, 0.717) is 12.8 Å². The van der Waals surface area contributed by atoms with Crippen molar-refractivity contribution in [3.63, 3.8) is 0 Å². The Morgan fingerprint density at radius 3 is 1.03 bits per heavy atom. The fourth-order valence-corrected chi connectivity index (χ4v) is 11.6. The van der Waals surface area contributed by atoms with Crippen LogP contribution < -0.4 is 0 Å². The molecule has 0 aromatic carbocycles. The normalized spacial score (nSPS) is 14.4. The third-order valence-corrected chi connectivity index (χ3v) is 14.1. The summed E-state index contributed by atoms with van der Waals surface area (Å²) in [6, 6.07) is 0. The summed E-state index contributed by atoms with van der Waals surface area (Å²) in [4.78, 5) is -1.61. The van der Waals surface area contributed by atoms with Crippen LogP contribution in [0.3, 0.4) is 0 Å². The van der Waals surface area contributed by atoms with Crippen molar-refractivity contribution in [1.29, 1.82) is 0 Å². The van der Waals surface area contributed by atoms with Gasteiger partial charge in [0.1, 0.15) is 0 Å². The Kier molecular flexibility index (Phi) is 15.5. The van der Waals surface area contributed by atoms with Crippen molar-refractivity contribution in [2.75, 3.05) is 6.16 Å². The Labute approximate surface area is 220 Å². The first-order valence-electron chi connectivity index (χ1n) is 13.1. The van der Waals surface area contributed by atoms with Crippen molar-refractivity contribution >= 4 is 22.8 Å². The molecule has 0 aliphatic heterocycles. The first-order chi connectivity index (χ1) is 16.2. The molecule has 0 N–H and O–H groups in total. The van der Waals surface area contributed by atoms with Crippen molar-refractivity contribution in [2.45, 2.75) is 151 Å². The van der Waals surface area contributed by atoms with Gasteiger partial charge in [-0.25, -0.2) is 0 Å². The Morgan fingerprint density at radius 2 is 0.778 bits per heavy atom. The van der Waals surface area contributed by atoms with Crippen molar-refractivity contribution in [3.8, 4) is 0 Å². The molecule has 0 aromatic heterocycles. The van der Waals surface area contributed by atoms with E-state index in [1.54, 1.807) is 90.0 Å². The lowest BCUT2D eigenvalue weighted by Gasteiger charge is -2.42. The van der Waals surface area contributed by atoms with Crippen LogP contribution in [0.5, 0.6) is 0 Å². The van der Waals surface area contributed by atoms with Gasteiger partial charge in [0.05, 0.1) is 42.8 Å². The predicted molar refractivity (Wildman–Crippen MR) is 147 cm³/mol. The highest BCUT2D eigenvalue weighted by Gasteiger charge is 2.62. The average Bonchev–Trinajstić information content (AvgIpc) is 2.60. The molecule has 36 heavy (non-hydrogen) atoms. The molecule has 0 rings (SSSR count). The lowest BCUT2D eigenvalue weighted by molar-refractivity contribution is 0.109. The number of hydrogen-bond acceptors (Lipinski definition) is 9. The lowest BCUT2D eigenvalue weighted by atomic mass is 10.2. The van der Waals surface area contributed by atoms with E-state index >= 15 is 0 Å². The summed E-state index contributed by atoms with van der Waals surface area (Å²) in [5.74, 6) is 0. The van der Waals surface area contributed by atoms with E-state index in [1.165, 1.54) is 0 Å². The summed E-state index contributed by atoms with van der Waals surface area (Å²) in [6.07, 6.45) is -1.26. The van der Waals surface area contributed by atoms with Gasteiger partial charge < -0.3 is 27.1 Å². The van der Waals surface area contributed by atoms with Gasteiger partial charge in [0.15, 0.2) is 4.90 Å². The van der Waals surface area contributed by atoms with E-state index in [2.05, 4.69) is 0 Å². The zero-order valence-electron chi connectivity index (χ0n) is 24.8. The van der Waals surface area contributed by atoms with Crippen LogP contribution in [0.15, 0.2) is 0 Å². The lowest BCUT2D eigenvalue weighted by Crippen LogP contribution is -2.33. The monoisotopic (exact) mass is 578 g/mol. The highest BCUT2D eigenvalue weighted by molar-refractivity contribution is 7.74. The quantitative estimate of drug-likeness (QED) is 0.110. The molecule has 218 valence electrons.